The molecule has 1 atom stereocenters. The average Bonchev–Trinajstić information content (AvgIpc) is 2.58. The molecule has 1 aliphatic rings. The van der Waals surface area contributed by atoms with Crippen LogP contribution in [0.5, 0.6) is 5.75 Å². The summed E-state index contributed by atoms with van der Waals surface area (Å²) in [5, 5.41) is 0. The van der Waals surface area contributed by atoms with Gasteiger partial charge >= 0.3 is 5.97 Å². The number of carbonyl (C=O) groups excluding carboxylic acids is 1. The molecule has 0 aromatic heterocycles. The van der Waals surface area contributed by atoms with E-state index in [-0.39, 0.29) is 12.3 Å². The van der Waals surface area contributed by atoms with Gasteiger partial charge in [0, 0.05) is 13.0 Å². The van der Waals surface area contributed by atoms with Crippen LogP contribution in [0.25, 0.3) is 0 Å². The number of carbonyl (C=O) groups is 1. The highest BCUT2D eigenvalue weighted by atomic mass is 16.7. The first-order valence-corrected chi connectivity index (χ1v) is 7.79. The van der Waals surface area contributed by atoms with E-state index in [1.54, 1.807) is 0 Å². The lowest BCUT2D eigenvalue weighted by Gasteiger charge is -2.22. The molecule has 1 heterocycles. The minimum atomic E-state index is -0.192. The van der Waals surface area contributed by atoms with Gasteiger partial charge in [0.15, 0.2) is 6.29 Å². The molecule has 1 aromatic rings. The van der Waals surface area contributed by atoms with E-state index >= 15 is 0 Å². The first-order valence-electron chi connectivity index (χ1n) is 7.79. The van der Waals surface area contributed by atoms with Crippen LogP contribution in [0.2, 0.25) is 0 Å². The molecule has 1 aliphatic heterocycles. The van der Waals surface area contributed by atoms with Gasteiger partial charge in [0.2, 0.25) is 0 Å². The molecule has 0 N–H and O–H groups in total. The lowest BCUT2D eigenvalue weighted by Crippen LogP contribution is -2.24. The summed E-state index contributed by atoms with van der Waals surface area (Å²) in [4.78, 5) is 11.1. The Hall–Kier alpha value is -1.59. The lowest BCUT2D eigenvalue weighted by atomic mass is 10.1. The van der Waals surface area contributed by atoms with Gasteiger partial charge in [0.1, 0.15) is 12.4 Å². The summed E-state index contributed by atoms with van der Waals surface area (Å²) < 4.78 is 21.3. The van der Waals surface area contributed by atoms with Gasteiger partial charge in [0.25, 0.3) is 0 Å². The van der Waals surface area contributed by atoms with Crippen molar-refractivity contribution in [1.29, 1.82) is 0 Å². The molecule has 0 bridgehead atoms. The van der Waals surface area contributed by atoms with Gasteiger partial charge in [-0.1, -0.05) is 12.1 Å². The summed E-state index contributed by atoms with van der Waals surface area (Å²) >= 11 is 0. The highest BCUT2D eigenvalue weighted by molar-refractivity contribution is 5.69. The quantitative estimate of drug-likeness (QED) is 0.546. The fraction of sp³-hybridized carbons (Fsp3) is 0.588. The molecule has 1 saturated heterocycles. The smallest absolute Gasteiger partial charge is 0.305 e. The maximum absolute atomic E-state index is 11.1. The fourth-order valence-electron chi connectivity index (χ4n) is 2.28. The SMILES string of the molecule is COC(=O)CCc1ccc(OCCOC2CCCCO2)cc1. The summed E-state index contributed by atoms with van der Waals surface area (Å²) in [5.41, 5.74) is 1.09. The molecule has 1 fully saturated rings. The van der Waals surface area contributed by atoms with Crippen LogP contribution in [-0.4, -0.2) is 39.2 Å². The van der Waals surface area contributed by atoms with Crippen LogP contribution >= 0.6 is 0 Å². The number of hydrogen-bond donors (Lipinski definition) is 0. The Morgan fingerprint density at radius 3 is 2.73 bits per heavy atom. The number of esters is 1. The van der Waals surface area contributed by atoms with Crippen molar-refractivity contribution in [3.8, 4) is 5.75 Å². The van der Waals surface area contributed by atoms with E-state index in [0.29, 0.717) is 26.1 Å². The number of hydrogen-bond acceptors (Lipinski definition) is 5. The molecule has 5 heteroatoms. The van der Waals surface area contributed by atoms with Crippen molar-refractivity contribution >= 4 is 5.97 Å². The van der Waals surface area contributed by atoms with Crippen molar-refractivity contribution in [3.63, 3.8) is 0 Å². The van der Waals surface area contributed by atoms with E-state index < -0.39 is 0 Å². The first kappa shape index (κ1) is 16.8. The average molecular weight is 308 g/mol. The molecule has 0 aliphatic carbocycles. The zero-order chi connectivity index (χ0) is 15.6. The Bertz CT molecular complexity index is 437. The highest BCUT2D eigenvalue weighted by Crippen LogP contribution is 2.15. The molecule has 122 valence electrons. The normalized spacial score (nSPS) is 18.0. The van der Waals surface area contributed by atoms with E-state index in [1.807, 2.05) is 24.3 Å². The van der Waals surface area contributed by atoms with Crippen LogP contribution in [0.3, 0.4) is 0 Å². The van der Waals surface area contributed by atoms with E-state index in [2.05, 4.69) is 4.74 Å². The van der Waals surface area contributed by atoms with Gasteiger partial charge in [-0.15, -0.1) is 0 Å². The Labute approximate surface area is 131 Å². The Morgan fingerprint density at radius 1 is 1.23 bits per heavy atom. The summed E-state index contributed by atoms with van der Waals surface area (Å²) in [5.74, 6) is 0.609. The van der Waals surface area contributed by atoms with Crippen molar-refractivity contribution in [2.24, 2.45) is 0 Å². The number of ether oxygens (including phenoxy) is 4. The van der Waals surface area contributed by atoms with Crippen molar-refractivity contribution in [1.82, 2.24) is 0 Å². The second-order valence-corrected chi connectivity index (χ2v) is 5.24. The molecule has 0 amide bonds. The predicted octanol–water partition coefficient (Wildman–Crippen LogP) is 2.71. The Kier molecular flexibility index (Phi) is 7.19. The molecule has 1 unspecified atom stereocenters. The zero-order valence-corrected chi connectivity index (χ0v) is 13.1. The molecule has 0 radical (unpaired) electrons. The van der Waals surface area contributed by atoms with Gasteiger partial charge < -0.3 is 18.9 Å². The zero-order valence-electron chi connectivity index (χ0n) is 13.1. The maximum Gasteiger partial charge on any atom is 0.305 e. The van der Waals surface area contributed by atoms with Crippen LogP contribution in [0.15, 0.2) is 24.3 Å². The number of benzene rings is 1. The molecular formula is C17H24O5. The molecule has 2 rings (SSSR count). The Morgan fingerprint density at radius 2 is 2.05 bits per heavy atom. The van der Waals surface area contributed by atoms with E-state index in [9.17, 15) is 4.79 Å². The highest BCUT2D eigenvalue weighted by Gasteiger charge is 2.13. The minimum absolute atomic E-state index is 0.0713. The standard InChI is InChI=1S/C17H24O5/c1-19-16(18)10-7-14-5-8-15(9-6-14)20-12-13-22-17-4-2-3-11-21-17/h5-6,8-9,17H,2-4,7,10-13H2,1H3. The second-order valence-electron chi connectivity index (χ2n) is 5.24. The molecular weight excluding hydrogens is 284 g/mol. The summed E-state index contributed by atoms with van der Waals surface area (Å²) in [6, 6.07) is 7.74. The third-order valence-electron chi connectivity index (χ3n) is 3.56. The van der Waals surface area contributed by atoms with Gasteiger partial charge in [-0.3, -0.25) is 4.79 Å². The van der Waals surface area contributed by atoms with E-state index in [0.717, 1.165) is 30.8 Å². The van der Waals surface area contributed by atoms with Crippen molar-refractivity contribution < 1.29 is 23.7 Å². The first-order chi connectivity index (χ1) is 10.8. The fourth-order valence-corrected chi connectivity index (χ4v) is 2.28. The third kappa shape index (κ3) is 6.03. The van der Waals surface area contributed by atoms with Gasteiger partial charge in [0.05, 0.1) is 13.7 Å². The molecule has 22 heavy (non-hydrogen) atoms. The van der Waals surface area contributed by atoms with Crippen molar-refractivity contribution in [3.05, 3.63) is 29.8 Å². The van der Waals surface area contributed by atoms with Crippen LogP contribution < -0.4 is 4.74 Å². The van der Waals surface area contributed by atoms with Crippen LogP contribution in [-0.2, 0) is 25.4 Å². The number of aryl methyl sites for hydroxylation is 1. The van der Waals surface area contributed by atoms with E-state index in [1.165, 1.54) is 13.5 Å². The monoisotopic (exact) mass is 308 g/mol. The molecule has 1 aromatic carbocycles. The van der Waals surface area contributed by atoms with Crippen molar-refractivity contribution in [2.75, 3.05) is 26.9 Å². The molecule has 5 nitrogen and oxygen atoms in total. The van der Waals surface area contributed by atoms with Crippen LogP contribution in [0, 0.1) is 0 Å². The van der Waals surface area contributed by atoms with Gasteiger partial charge in [-0.2, -0.15) is 0 Å². The number of rotatable bonds is 8. The van der Waals surface area contributed by atoms with E-state index in [4.69, 9.17) is 14.2 Å². The summed E-state index contributed by atoms with van der Waals surface area (Å²) in [6.45, 7) is 1.81. The lowest BCUT2D eigenvalue weighted by molar-refractivity contribution is -0.165. The van der Waals surface area contributed by atoms with Crippen LogP contribution in [0.1, 0.15) is 31.2 Å². The molecule has 0 spiro atoms. The van der Waals surface area contributed by atoms with Crippen LogP contribution in [0.4, 0.5) is 0 Å². The topological polar surface area (TPSA) is 54.0 Å². The second kappa shape index (κ2) is 9.43. The Balaban J connectivity index is 1.62. The number of methoxy groups -OCH3 is 1. The maximum atomic E-state index is 11.1. The third-order valence-corrected chi connectivity index (χ3v) is 3.56. The molecule has 0 saturated carbocycles. The predicted molar refractivity (Wildman–Crippen MR) is 81.8 cm³/mol. The van der Waals surface area contributed by atoms with Crippen molar-refractivity contribution in [2.45, 2.75) is 38.4 Å². The van der Waals surface area contributed by atoms with Gasteiger partial charge in [-0.25, -0.2) is 0 Å². The summed E-state index contributed by atoms with van der Waals surface area (Å²) in [6.07, 6.45) is 4.26. The largest absolute Gasteiger partial charge is 0.491 e. The summed E-state index contributed by atoms with van der Waals surface area (Å²) in [7, 11) is 1.40. The van der Waals surface area contributed by atoms with Gasteiger partial charge in [-0.05, 0) is 43.4 Å². The minimum Gasteiger partial charge on any atom is -0.491 e.